The minimum atomic E-state index is -0.741. The summed E-state index contributed by atoms with van der Waals surface area (Å²) in [5.74, 6) is -0.972. The summed E-state index contributed by atoms with van der Waals surface area (Å²) >= 11 is 0. The Hall–Kier alpha value is -0.860. The largest absolute Gasteiger partial charge is 0.481 e. The number of carbonyl (C=O) groups excluding carboxylic acids is 1. The minimum absolute atomic E-state index is 0.231. The van der Waals surface area contributed by atoms with Crippen LogP contribution in [0.2, 0.25) is 0 Å². The topological polar surface area (TPSA) is 54.4 Å². The van der Waals surface area contributed by atoms with Crippen LogP contribution in [0, 0.1) is 5.92 Å². The van der Waals surface area contributed by atoms with Gasteiger partial charge in [0, 0.05) is 6.42 Å². The average Bonchev–Trinajstić information content (AvgIpc) is 2.24. The Bertz CT molecular complexity index is 165. The standard InChI is InChI=1S/C9H18O.C4H8O2/c1-2-3-4-5-6-7-8-9-10;1-3(2)4(5)6/h9H,2-8H2,1H3;3H,1-2H3,(H,5,6). The summed E-state index contributed by atoms with van der Waals surface area (Å²) in [4.78, 5) is 19.6. The van der Waals surface area contributed by atoms with Gasteiger partial charge < -0.3 is 9.90 Å². The number of carboxylic acid groups (broad SMARTS) is 1. The van der Waals surface area contributed by atoms with Gasteiger partial charge in [-0.3, -0.25) is 4.79 Å². The van der Waals surface area contributed by atoms with E-state index >= 15 is 0 Å². The van der Waals surface area contributed by atoms with Crippen LogP contribution in [0.3, 0.4) is 0 Å². The first-order chi connectivity index (χ1) is 7.56. The van der Waals surface area contributed by atoms with Crippen LogP contribution in [-0.4, -0.2) is 17.4 Å². The second kappa shape index (κ2) is 14.1. The highest BCUT2D eigenvalue weighted by Crippen LogP contribution is 2.05. The molecule has 0 radical (unpaired) electrons. The Labute approximate surface area is 99.2 Å². The van der Waals surface area contributed by atoms with E-state index in [0.717, 1.165) is 19.1 Å². The molecule has 0 saturated carbocycles. The maximum absolute atomic E-state index is 9.89. The summed E-state index contributed by atoms with van der Waals surface area (Å²) in [7, 11) is 0. The smallest absolute Gasteiger partial charge is 0.305 e. The van der Waals surface area contributed by atoms with E-state index in [-0.39, 0.29) is 5.92 Å². The average molecular weight is 230 g/mol. The van der Waals surface area contributed by atoms with Crippen molar-refractivity contribution in [2.45, 2.75) is 65.7 Å². The van der Waals surface area contributed by atoms with Gasteiger partial charge in [-0.05, 0) is 6.42 Å². The fraction of sp³-hybridized carbons (Fsp3) is 0.846. The van der Waals surface area contributed by atoms with Crippen LogP contribution in [-0.2, 0) is 9.59 Å². The minimum Gasteiger partial charge on any atom is -0.481 e. The molecule has 0 rings (SSSR count). The second-order valence-electron chi connectivity index (χ2n) is 4.22. The monoisotopic (exact) mass is 230 g/mol. The molecule has 0 spiro atoms. The Morgan fingerprint density at radius 3 is 1.94 bits per heavy atom. The molecule has 0 saturated heterocycles. The van der Waals surface area contributed by atoms with Crippen molar-refractivity contribution in [2.75, 3.05) is 0 Å². The summed E-state index contributed by atoms with van der Waals surface area (Å²) in [6.07, 6.45) is 9.39. The van der Waals surface area contributed by atoms with Gasteiger partial charge in [-0.2, -0.15) is 0 Å². The molecule has 0 fully saturated rings. The Kier molecular flexibility index (Phi) is 15.5. The fourth-order valence-electron chi connectivity index (χ4n) is 1.01. The first-order valence-electron chi connectivity index (χ1n) is 6.22. The first kappa shape index (κ1) is 17.5. The number of hydrogen-bond donors (Lipinski definition) is 1. The number of carboxylic acids is 1. The lowest BCUT2D eigenvalue weighted by Gasteiger charge is -1.95. The second-order valence-corrected chi connectivity index (χ2v) is 4.22. The van der Waals surface area contributed by atoms with E-state index in [1.807, 2.05) is 0 Å². The third-order valence-corrected chi connectivity index (χ3v) is 2.17. The molecule has 3 heteroatoms. The van der Waals surface area contributed by atoms with Crippen LogP contribution < -0.4 is 0 Å². The summed E-state index contributed by atoms with van der Waals surface area (Å²) in [6.45, 7) is 5.50. The molecule has 0 aliphatic carbocycles. The van der Waals surface area contributed by atoms with Crippen LogP contribution in [0.1, 0.15) is 65.7 Å². The summed E-state index contributed by atoms with van der Waals surface area (Å²) < 4.78 is 0. The number of rotatable bonds is 8. The highest BCUT2D eigenvalue weighted by molar-refractivity contribution is 5.68. The quantitative estimate of drug-likeness (QED) is 0.511. The van der Waals surface area contributed by atoms with Gasteiger partial charge in [0.1, 0.15) is 6.29 Å². The van der Waals surface area contributed by atoms with E-state index in [1.165, 1.54) is 32.1 Å². The van der Waals surface area contributed by atoms with Crippen molar-refractivity contribution in [2.24, 2.45) is 5.92 Å². The molecule has 3 nitrogen and oxygen atoms in total. The maximum atomic E-state index is 9.89. The molecule has 1 N–H and O–H groups in total. The summed E-state index contributed by atoms with van der Waals surface area (Å²) in [6, 6.07) is 0. The Morgan fingerprint density at radius 2 is 1.56 bits per heavy atom. The number of hydrogen-bond acceptors (Lipinski definition) is 2. The third-order valence-electron chi connectivity index (χ3n) is 2.17. The van der Waals surface area contributed by atoms with Crippen LogP contribution in [0.4, 0.5) is 0 Å². The van der Waals surface area contributed by atoms with Crippen molar-refractivity contribution < 1.29 is 14.7 Å². The van der Waals surface area contributed by atoms with E-state index in [1.54, 1.807) is 13.8 Å². The molecule has 0 heterocycles. The van der Waals surface area contributed by atoms with Gasteiger partial charge in [-0.1, -0.05) is 52.9 Å². The zero-order valence-electron chi connectivity index (χ0n) is 10.9. The molecule has 0 aliphatic rings. The maximum Gasteiger partial charge on any atom is 0.305 e. The van der Waals surface area contributed by atoms with Gasteiger partial charge in [0.15, 0.2) is 0 Å². The number of aldehydes is 1. The van der Waals surface area contributed by atoms with E-state index in [9.17, 15) is 9.59 Å². The van der Waals surface area contributed by atoms with Gasteiger partial charge in [-0.25, -0.2) is 0 Å². The third kappa shape index (κ3) is 18.8. The van der Waals surface area contributed by atoms with E-state index in [0.29, 0.717) is 0 Å². The predicted molar refractivity (Wildman–Crippen MR) is 66.5 cm³/mol. The number of carbonyl (C=O) groups is 2. The lowest BCUT2D eigenvalue weighted by molar-refractivity contribution is -0.140. The van der Waals surface area contributed by atoms with Gasteiger partial charge in [0.25, 0.3) is 0 Å². The molecule has 0 aromatic carbocycles. The van der Waals surface area contributed by atoms with Crippen molar-refractivity contribution in [3.05, 3.63) is 0 Å². The highest BCUT2D eigenvalue weighted by atomic mass is 16.4. The van der Waals surface area contributed by atoms with Crippen molar-refractivity contribution in [3.63, 3.8) is 0 Å². The van der Waals surface area contributed by atoms with Crippen molar-refractivity contribution in [3.8, 4) is 0 Å². The molecule has 16 heavy (non-hydrogen) atoms. The lowest BCUT2D eigenvalue weighted by Crippen LogP contribution is -2.03. The molecule has 0 bridgehead atoms. The van der Waals surface area contributed by atoms with E-state index < -0.39 is 5.97 Å². The fourth-order valence-corrected chi connectivity index (χ4v) is 1.01. The van der Waals surface area contributed by atoms with Crippen molar-refractivity contribution >= 4 is 12.3 Å². The zero-order valence-corrected chi connectivity index (χ0v) is 10.9. The Morgan fingerprint density at radius 1 is 1.12 bits per heavy atom. The van der Waals surface area contributed by atoms with Gasteiger partial charge >= 0.3 is 5.97 Å². The van der Waals surface area contributed by atoms with E-state index in [2.05, 4.69) is 6.92 Å². The lowest BCUT2D eigenvalue weighted by atomic mass is 10.1. The molecule has 96 valence electrons. The van der Waals surface area contributed by atoms with Gasteiger partial charge in [0.05, 0.1) is 5.92 Å². The first-order valence-corrected chi connectivity index (χ1v) is 6.22. The van der Waals surface area contributed by atoms with Gasteiger partial charge in [0.2, 0.25) is 0 Å². The SMILES string of the molecule is CC(C)C(=O)O.CCCCCCCCC=O. The molecular weight excluding hydrogens is 204 g/mol. The molecule has 0 aromatic rings. The van der Waals surface area contributed by atoms with E-state index in [4.69, 9.17) is 5.11 Å². The van der Waals surface area contributed by atoms with Crippen molar-refractivity contribution in [1.29, 1.82) is 0 Å². The molecule has 0 aromatic heterocycles. The van der Waals surface area contributed by atoms with Crippen LogP contribution in [0.15, 0.2) is 0 Å². The summed E-state index contributed by atoms with van der Waals surface area (Å²) in [5.41, 5.74) is 0. The normalized spacial score (nSPS) is 9.50. The molecule has 0 aliphatic heterocycles. The molecule has 0 unspecified atom stereocenters. The highest BCUT2D eigenvalue weighted by Gasteiger charge is 1.99. The summed E-state index contributed by atoms with van der Waals surface area (Å²) in [5, 5.41) is 7.99. The number of aliphatic carboxylic acids is 1. The number of unbranched alkanes of at least 4 members (excludes halogenated alkanes) is 6. The van der Waals surface area contributed by atoms with Crippen LogP contribution in [0.5, 0.6) is 0 Å². The Balaban J connectivity index is 0. The van der Waals surface area contributed by atoms with Crippen LogP contribution in [0.25, 0.3) is 0 Å². The molecule has 0 atom stereocenters. The van der Waals surface area contributed by atoms with Gasteiger partial charge in [-0.15, -0.1) is 0 Å². The van der Waals surface area contributed by atoms with Crippen molar-refractivity contribution in [1.82, 2.24) is 0 Å². The molecule has 0 amide bonds. The van der Waals surface area contributed by atoms with Crippen LogP contribution >= 0.6 is 0 Å². The predicted octanol–water partition coefficient (Wildman–Crippen LogP) is 3.66. The zero-order chi connectivity index (χ0) is 12.8. The molecular formula is C13H26O3.